The highest BCUT2D eigenvalue weighted by Gasteiger charge is 2.31. The van der Waals surface area contributed by atoms with Crippen molar-refractivity contribution in [1.82, 2.24) is 4.57 Å². The number of methoxy groups -OCH3 is 2. The predicted octanol–water partition coefficient (Wildman–Crippen LogP) is 5.77. The molecule has 0 amide bonds. The molecule has 1 aromatic heterocycles. The Morgan fingerprint density at radius 3 is 2.38 bits per heavy atom. The van der Waals surface area contributed by atoms with Crippen molar-refractivity contribution in [3.8, 4) is 23.0 Å². The first-order valence-electron chi connectivity index (χ1n) is 14.0. The molecule has 0 unspecified atom stereocenters. The summed E-state index contributed by atoms with van der Waals surface area (Å²) in [7, 11) is 2.87. The number of carbonyl (C=O) groups is 1. The summed E-state index contributed by atoms with van der Waals surface area (Å²) in [6.07, 6.45) is 3.23. The van der Waals surface area contributed by atoms with Gasteiger partial charge in [-0.25, -0.2) is 9.79 Å². The Hall–Kier alpha value is -3.62. The molecule has 234 valence electrons. The van der Waals surface area contributed by atoms with Gasteiger partial charge in [0, 0.05) is 14.2 Å². The van der Waals surface area contributed by atoms with Gasteiger partial charge < -0.3 is 23.7 Å². The Bertz CT molecular complexity index is 1940. The zero-order chi connectivity index (χ0) is 32.1. The number of esters is 1. The van der Waals surface area contributed by atoms with E-state index in [2.05, 4.69) is 43.5 Å². The van der Waals surface area contributed by atoms with Gasteiger partial charge in [0.1, 0.15) is 6.61 Å². The number of hydrogen-bond donors (Lipinski definition) is 0. The van der Waals surface area contributed by atoms with Crippen molar-refractivity contribution in [2.24, 2.45) is 4.99 Å². The summed E-state index contributed by atoms with van der Waals surface area (Å²) in [5.74, 6) is 1.58. The molecular formula is C33H30BrIN2O7S. The minimum atomic E-state index is -0.791. The van der Waals surface area contributed by atoms with Crippen LogP contribution in [0.25, 0.3) is 6.08 Å². The second-order valence-electron chi connectivity index (χ2n) is 9.69. The first-order chi connectivity index (χ1) is 21.8. The van der Waals surface area contributed by atoms with Crippen LogP contribution in [0.3, 0.4) is 0 Å². The monoisotopic (exact) mass is 804 g/mol. The minimum Gasteiger partial charge on any atom is -0.493 e. The van der Waals surface area contributed by atoms with Gasteiger partial charge in [0.05, 0.1) is 43.6 Å². The normalized spacial score (nSPS) is 14.2. The van der Waals surface area contributed by atoms with Crippen LogP contribution >= 0.6 is 49.9 Å². The molecule has 1 atom stereocenters. The van der Waals surface area contributed by atoms with E-state index in [0.29, 0.717) is 67.8 Å². The van der Waals surface area contributed by atoms with Crippen LogP contribution in [0.4, 0.5) is 0 Å². The van der Waals surface area contributed by atoms with E-state index in [0.717, 1.165) is 9.13 Å². The van der Waals surface area contributed by atoms with E-state index in [4.69, 9.17) is 23.7 Å². The van der Waals surface area contributed by atoms with Crippen LogP contribution in [0, 0.1) is 3.57 Å². The number of carbonyl (C=O) groups excluding carboxylic acids is 1. The number of thiazole rings is 1. The van der Waals surface area contributed by atoms with Gasteiger partial charge in [0.2, 0.25) is 0 Å². The standard InChI is InChI=1S/C33H30BrIN2O7S/c1-5-42-25-12-9-20(13-27(25)43-6-2)30-23(32(39)41-4)17-36-33-37(30)31(38)29(45-33)15-21-14-26(40-3)28(16-24(21)34)44-18-19-7-10-22(35)11-8-19/h7-17,30H,5-6,18H2,1-4H3/b29-15-/t30-/m1/s1. The van der Waals surface area contributed by atoms with Crippen LogP contribution in [-0.4, -0.2) is 38.0 Å². The SMILES string of the molecule is CCOc1ccc([C@@H]2C(C(=O)OC)=CN=c3s/c(=C\c4cc(OC)c(OCc5ccc(I)cc5)cc4Br)c(=O)n32)cc1OCC. The zero-order valence-corrected chi connectivity index (χ0v) is 29.5. The highest BCUT2D eigenvalue weighted by Crippen LogP contribution is 2.36. The fourth-order valence-corrected chi connectivity index (χ4v) is 6.56. The second kappa shape index (κ2) is 14.6. The lowest BCUT2D eigenvalue weighted by Crippen LogP contribution is -2.39. The Kier molecular flexibility index (Phi) is 10.7. The average molecular weight is 805 g/mol. The van der Waals surface area contributed by atoms with Gasteiger partial charge in [-0.2, -0.15) is 0 Å². The summed E-state index contributed by atoms with van der Waals surface area (Å²) in [4.78, 5) is 31.8. The maximum Gasteiger partial charge on any atom is 0.337 e. The third kappa shape index (κ3) is 7.12. The van der Waals surface area contributed by atoms with Crippen LogP contribution in [0.1, 0.15) is 36.6 Å². The molecule has 0 N–H and O–H groups in total. The van der Waals surface area contributed by atoms with Crippen LogP contribution < -0.4 is 33.8 Å². The third-order valence-electron chi connectivity index (χ3n) is 6.89. The van der Waals surface area contributed by atoms with Crippen molar-refractivity contribution in [2.45, 2.75) is 26.5 Å². The van der Waals surface area contributed by atoms with Crippen molar-refractivity contribution in [1.29, 1.82) is 0 Å². The first-order valence-corrected chi connectivity index (χ1v) is 16.7. The van der Waals surface area contributed by atoms with E-state index in [1.165, 1.54) is 29.2 Å². The van der Waals surface area contributed by atoms with E-state index in [1.807, 2.05) is 56.3 Å². The summed E-state index contributed by atoms with van der Waals surface area (Å²) in [5, 5.41) is 0. The molecule has 5 rings (SSSR count). The quantitative estimate of drug-likeness (QED) is 0.140. The number of benzene rings is 3. The Morgan fingerprint density at radius 2 is 1.69 bits per heavy atom. The number of nitrogens with zero attached hydrogens (tertiary/aromatic N) is 2. The van der Waals surface area contributed by atoms with Gasteiger partial charge in [-0.15, -0.1) is 0 Å². The summed E-state index contributed by atoms with van der Waals surface area (Å²) in [6.45, 7) is 5.01. The fourth-order valence-electron chi connectivity index (χ4n) is 4.80. The number of halogens is 2. The number of hydrogen-bond acceptors (Lipinski definition) is 9. The topological polar surface area (TPSA) is 97.6 Å². The molecule has 0 bridgehead atoms. The highest BCUT2D eigenvalue weighted by atomic mass is 127. The van der Waals surface area contributed by atoms with Gasteiger partial charge >= 0.3 is 5.97 Å². The summed E-state index contributed by atoms with van der Waals surface area (Å²) >= 11 is 7.12. The average Bonchev–Trinajstić information content (AvgIpc) is 3.36. The van der Waals surface area contributed by atoms with Crippen LogP contribution in [0.2, 0.25) is 0 Å². The largest absolute Gasteiger partial charge is 0.493 e. The molecule has 12 heteroatoms. The van der Waals surface area contributed by atoms with Crippen molar-refractivity contribution < 1.29 is 28.5 Å². The van der Waals surface area contributed by atoms with Gasteiger partial charge in [0.15, 0.2) is 27.8 Å². The van der Waals surface area contributed by atoms with Gasteiger partial charge in [-0.1, -0.05) is 45.5 Å². The molecule has 0 radical (unpaired) electrons. The van der Waals surface area contributed by atoms with Crippen LogP contribution in [-0.2, 0) is 16.1 Å². The first kappa shape index (κ1) is 32.8. The molecule has 0 saturated heterocycles. The Balaban J connectivity index is 1.56. The van der Waals surface area contributed by atoms with E-state index < -0.39 is 12.0 Å². The van der Waals surface area contributed by atoms with E-state index in [9.17, 15) is 9.59 Å². The maximum atomic E-state index is 14.0. The number of rotatable bonds is 11. The highest BCUT2D eigenvalue weighted by molar-refractivity contribution is 14.1. The molecule has 2 heterocycles. The second-order valence-corrected chi connectivity index (χ2v) is 12.8. The smallest absolute Gasteiger partial charge is 0.337 e. The molecule has 1 aliphatic heterocycles. The third-order valence-corrected chi connectivity index (χ3v) is 9.29. The lowest BCUT2D eigenvalue weighted by molar-refractivity contribution is -0.136. The Morgan fingerprint density at radius 1 is 0.978 bits per heavy atom. The molecule has 0 aliphatic carbocycles. The van der Waals surface area contributed by atoms with Crippen molar-refractivity contribution in [3.05, 3.63) is 111 Å². The number of fused-ring (bicyclic) bond motifs is 1. The molecule has 0 fully saturated rings. The van der Waals surface area contributed by atoms with Crippen molar-refractivity contribution in [3.63, 3.8) is 0 Å². The predicted molar refractivity (Wildman–Crippen MR) is 184 cm³/mol. The van der Waals surface area contributed by atoms with Crippen molar-refractivity contribution >= 4 is 61.9 Å². The maximum absolute atomic E-state index is 14.0. The summed E-state index contributed by atoms with van der Waals surface area (Å²) in [5.41, 5.74) is 2.30. The summed E-state index contributed by atoms with van der Waals surface area (Å²) in [6, 6.07) is 16.3. The van der Waals surface area contributed by atoms with E-state index in [-0.39, 0.29) is 11.1 Å². The number of ether oxygens (including phenoxy) is 5. The van der Waals surface area contributed by atoms with Crippen LogP contribution in [0.5, 0.6) is 23.0 Å². The fraction of sp³-hybridized carbons (Fsp3) is 0.242. The molecule has 3 aromatic carbocycles. The van der Waals surface area contributed by atoms with E-state index >= 15 is 0 Å². The van der Waals surface area contributed by atoms with Gasteiger partial charge in [-0.3, -0.25) is 9.36 Å². The zero-order valence-electron chi connectivity index (χ0n) is 25.0. The molecule has 0 spiro atoms. The lowest BCUT2D eigenvalue weighted by atomic mass is 9.97. The molecule has 4 aromatic rings. The Labute approximate surface area is 286 Å². The number of aromatic nitrogens is 1. The summed E-state index contributed by atoms with van der Waals surface area (Å²) < 4.78 is 32.1. The van der Waals surface area contributed by atoms with Crippen LogP contribution in [0.15, 0.2) is 80.6 Å². The van der Waals surface area contributed by atoms with Crippen molar-refractivity contribution in [2.75, 3.05) is 27.4 Å². The molecular weight excluding hydrogens is 775 g/mol. The molecule has 9 nitrogen and oxygen atoms in total. The molecule has 45 heavy (non-hydrogen) atoms. The molecule has 0 saturated carbocycles. The lowest BCUT2D eigenvalue weighted by Gasteiger charge is -2.23. The molecule has 1 aliphatic rings. The van der Waals surface area contributed by atoms with Gasteiger partial charge in [0.25, 0.3) is 5.56 Å². The van der Waals surface area contributed by atoms with E-state index in [1.54, 1.807) is 25.3 Å². The minimum absolute atomic E-state index is 0.223. The van der Waals surface area contributed by atoms with Gasteiger partial charge in [-0.05, 0) is 95.6 Å².